The molecule has 4 heterocycles. The zero-order chi connectivity index (χ0) is 25.0. The van der Waals surface area contributed by atoms with Gasteiger partial charge in [0.05, 0.1) is 21.3 Å². The van der Waals surface area contributed by atoms with Crippen LogP contribution in [0.3, 0.4) is 0 Å². The van der Waals surface area contributed by atoms with E-state index in [0.717, 1.165) is 32.5 Å². The topological polar surface area (TPSA) is 30.7 Å². The zero-order valence-electron chi connectivity index (χ0n) is 19.8. The van der Waals surface area contributed by atoms with Crippen LogP contribution in [-0.4, -0.2) is 14.5 Å². The van der Waals surface area contributed by atoms with Gasteiger partial charge in [-0.05, 0) is 35.2 Å². The molecule has 0 saturated heterocycles. The van der Waals surface area contributed by atoms with E-state index in [1.165, 1.54) is 46.4 Å². The average Bonchev–Trinajstić information content (AvgIpc) is 3.63. The number of halogens is 1. The van der Waals surface area contributed by atoms with Crippen molar-refractivity contribution in [2.75, 3.05) is 0 Å². The Morgan fingerprint density at radius 3 is 1.97 bits per heavy atom. The quantitative estimate of drug-likeness (QED) is 0.193. The summed E-state index contributed by atoms with van der Waals surface area (Å²) >= 11 is 10.2. The second-order valence-electron chi connectivity index (χ2n) is 9.52. The van der Waals surface area contributed by atoms with E-state index >= 15 is 0 Å². The van der Waals surface area contributed by atoms with E-state index in [-0.39, 0.29) is 5.28 Å². The number of benzene rings is 5. The van der Waals surface area contributed by atoms with Gasteiger partial charge in [-0.15, -0.1) is 22.7 Å². The highest BCUT2D eigenvalue weighted by atomic mass is 35.5. The standard InChI is InChI=1S/C32H16ClN3S2/c33-32-34-27-21-13-5-8-16-24(21)38-30(27)31(35-32)36-22-14-6-3-11-19(22)26-28(36)18-10-2-1-9-17(18)25-20-12-4-7-15-23(20)37-29(25)26/h1-16H. The Morgan fingerprint density at radius 1 is 0.553 bits per heavy atom. The molecule has 0 radical (unpaired) electrons. The lowest BCUT2D eigenvalue weighted by atomic mass is 10.00. The molecular formula is C32H16ClN3S2. The summed E-state index contributed by atoms with van der Waals surface area (Å²) in [5, 5.41) is 8.94. The van der Waals surface area contributed by atoms with Crippen LogP contribution in [0.4, 0.5) is 0 Å². The molecule has 0 saturated carbocycles. The SMILES string of the molecule is Clc1nc(-n2c3ccccc3c3c4sc5ccccc5c4c4ccccc4c32)c2sc3ccccc3c2n1. The first-order valence-electron chi connectivity index (χ1n) is 12.4. The maximum Gasteiger partial charge on any atom is 0.225 e. The number of aromatic nitrogens is 3. The smallest absolute Gasteiger partial charge is 0.225 e. The molecule has 0 aliphatic rings. The van der Waals surface area contributed by atoms with Crippen LogP contribution in [0.25, 0.3) is 78.9 Å². The summed E-state index contributed by atoms with van der Waals surface area (Å²) in [6, 6.07) is 34.5. The molecule has 5 aromatic carbocycles. The lowest BCUT2D eigenvalue weighted by Crippen LogP contribution is -2.00. The predicted octanol–water partition coefficient (Wildman–Crippen LogP) is 10.1. The molecule has 9 aromatic rings. The fraction of sp³-hybridized carbons (Fsp3) is 0. The van der Waals surface area contributed by atoms with Gasteiger partial charge in [-0.2, -0.15) is 4.98 Å². The van der Waals surface area contributed by atoms with Gasteiger partial charge in [0.1, 0.15) is 0 Å². The van der Waals surface area contributed by atoms with Crippen LogP contribution in [0.2, 0.25) is 5.28 Å². The molecule has 3 nitrogen and oxygen atoms in total. The van der Waals surface area contributed by atoms with Crippen LogP contribution < -0.4 is 0 Å². The normalized spacial score (nSPS) is 12.3. The fourth-order valence-corrected chi connectivity index (χ4v) is 8.61. The third kappa shape index (κ3) is 2.63. The Hall–Kier alpha value is -4.03. The number of fused-ring (bicyclic) bond motifs is 13. The maximum atomic E-state index is 6.64. The Morgan fingerprint density at radius 2 is 1.16 bits per heavy atom. The minimum atomic E-state index is 0.259. The maximum absolute atomic E-state index is 6.64. The molecule has 0 bridgehead atoms. The third-order valence-corrected chi connectivity index (χ3v) is 10.0. The minimum Gasteiger partial charge on any atom is -0.292 e. The van der Waals surface area contributed by atoms with E-state index in [9.17, 15) is 0 Å². The number of hydrogen-bond donors (Lipinski definition) is 0. The van der Waals surface area contributed by atoms with Crippen molar-refractivity contribution in [3.8, 4) is 5.82 Å². The van der Waals surface area contributed by atoms with Gasteiger partial charge < -0.3 is 0 Å². The van der Waals surface area contributed by atoms with E-state index < -0.39 is 0 Å². The van der Waals surface area contributed by atoms with Gasteiger partial charge in [-0.25, -0.2) is 4.98 Å². The van der Waals surface area contributed by atoms with Gasteiger partial charge in [-0.1, -0.05) is 78.9 Å². The first kappa shape index (κ1) is 21.0. The Bertz CT molecular complexity index is 2430. The molecular weight excluding hydrogens is 526 g/mol. The summed E-state index contributed by atoms with van der Waals surface area (Å²) in [5.41, 5.74) is 3.18. The molecule has 0 unspecified atom stereocenters. The van der Waals surface area contributed by atoms with Crippen molar-refractivity contribution >= 4 is 107 Å². The largest absolute Gasteiger partial charge is 0.292 e. The lowest BCUT2D eigenvalue weighted by molar-refractivity contribution is 1.08. The van der Waals surface area contributed by atoms with Gasteiger partial charge in [0.25, 0.3) is 0 Å². The fourth-order valence-electron chi connectivity index (χ4n) is 6.04. The summed E-state index contributed by atoms with van der Waals surface area (Å²) < 4.78 is 7.15. The van der Waals surface area contributed by atoms with Crippen molar-refractivity contribution in [1.82, 2.24) is 14.5 Å². The zero-order valence-corrected chi connectivity index (χ0v) is 22.2. The lowest BCUT2D eigenvalue weighted by Gasteiger charge is -2.11. The van der Waals surface area contributed by atoms with E-state index in [1.54, 1.807) is 11.3 Å². The number of hydrogen-bond acceptors (Lipinski definition) is 4. The van der Waals surface area contributed by atoms with Crippen molar-refractivity contribution in [2.24, 2.45) is 0 Å². The van der Waals surface area contributed by atoms with E-state index in [0.29, 0.717) is 0 Å². The molecule has 0 aliphatic carbocycles. The van der Waals surface area contributed by atoms with Crippen molar-refractivity contribution in [2.45, 2.75) is 0 Å². The van der Waals surface area contributed by atoms with Crippen molar-refractivity contribution in [3.63, 3.8) is 0 Å². The summed E-state index contributed by atoms with van der Waals surface area (Å²) in [4.78, 5) is 9.59. The average molecular weight is 542 g/mol. The second kappa shape index (κ2) is 7.51. The molecule has 0 spiro atoms. The van der Waals surface area contributed by atoms with Crippen LogP contribution in [0.5, 0.6) is 0 Å². The molecule has 6 heteroatoms. The number of nitrogens with zero attached hydrogens (tertiary/aromatic N) is 3. The molecule has 0 N–H and O–H groups in total. The van der Waals surface area contributed by atoms with Crippen LogP contribution in [-0.2, 0) is 0 Å². The van der Waals surface area contributed by atoms with Gasteiger partial charge in [0, 0.05) is 46.4 Å². The van der Waals surface area contributed by atoms with Gasteiger partial charge >= 0.3 is 0 Å². The number of para-hydroxylation sites is 1. The van der Waals surface area contributed by atoms with Crippen molar-refractivity contribution in [1.29, 1.82) is 0 Å². The van der Waals surface area contributed by atoms with E-state index in [2.05, 4.69) is 107 Å². The van der Waals surface area contributed by atoms with Gasteiger partial charge in [-0.3, -0.25) is 4.57 Å². The number of thiophene rings is 2. The number of rotatable bonds is 1. The monoisotopic (exact) mass is 541 g/mol. The predicted molar refractivity (Wildman–Crippen MR) is 165 cm³/mol. The van der Waals surface area contributed by atoms with Crippen LogP contribution in [0.1, 0.15) is 0 Å². The molecule has 0 fully saturated rings. The summed E-state index contributed by atoms with van der Waals surface area (Å²) in [5.74, 6) is 0.831. The summed E-state index contributed by atoms with van der Waals surface area (Å²) in [7, 11) is 0. The minimum absolute atomic E-state index is 0.259. The molecule has 4 aromatic heterocycles. The van der Waals surface area contributed by atoms with Crippen LogP contribution in [0.15, 0.2) is 97.1 Å². The van der Waals surface area contributed by atoms with E-state index in [4.69, 9.17) is 16.6 Å². The first-order valence-corrected chi connectivity index (χ1v) is 14.4. The van der Waals surface area contributed by atoms with Crippen molar-refractivity contribution < 1.29 is 0 Å². The summed E-state index contributed by atoms with van der Waals surface area (Å²) in [6.45, 7) is 0. The van der Waals surface area contributed by atoms with Crippen LogP contribution in [0, 0.1) is 0 Å². The second-order valence-corrected chi connectivity index (χ2v) is 12.0. The summed E-state index contributed by atoms with van der Waals surface area (Å²) in [6.07, 6.45) is 0. The third-order valence-electron chi connectivity index (χ3n) is 7.54. The molecule has 0 amide bonds. The van der Waals surface area contributed by atoms with Gasteiger partial charge in [0.2, 0.25) is 5.28 Å². The Balaban J connectivity index is 1.60. The van der Waals surface area contributed by atoms with Crippen LogP contribution >= 0.6 is 34.3 Å². The highest BCUT2D eigenvalue weighted by Gasteiger charge is 2.24. The highest BCUT2D eigenvalue weighted by Crippen LogP contribution is 2.48. The first-order chi connectivity index (χ1) is 18.8. The molecule has 178 valence electrons. The van der Waals surface area contributed by atoms with Gasteiger partial charge in [0.15, 0.2) is 5.82 Å². The molecule has 0 aliphatic heterocycles. The Kier molecular flexibility index (Phi) is 4.14. The molecule has 0 atom stereocenters. The Labute approximate surface area is 229 Å². The molecule has 9 rings (SSSR count). The van der Waals surface area contributed by atoms with Crippen molar-refractivity contribution in [3.05, 3.63) is 102 Å². The highest BCUT2D eigenvalue weighted by molar-refractivity contribution is 7.27. The van der Waals surface area contributed by atoms with E-state index in [1.807, 2.05) is 11.3 Å². The molecule has 38 heavy (non-hydrogen) atoms.